The van der Waals surface area contributed by atoms with E-state index in [2.05, 4.69) is 4.98 Å². The Labute approximate surface area is 176 Å². The van der Waals surface area contributed by atoms with Gasteiger partial charge in [-0.1, -0.05) is 13.0 Å². The molecule has 0 amide bonds. The molecule has 0 saturated carbocycles. The number of aromatic nitrogens is 2. The zero-order valence-electron chi connectivity index (χ0n) is 17.0. The Hall–Kier alpha value is -3.08. The van der Waals surface area contributed by atoms with Gasteiger partial charge in [0.2, 0.25) is 0 Å². The third kappa shape index (κ3) is 4.98. The van der Waals surface area contributed by atoms with Crippen molar-refractivity contribution in [1.29, 1.82) is 0 Å². The van der Waals surface area contributed by atoms with Gasteiger partial charge in [-0.25, -0.2) is 4.79 Å². The lowest BCUT2D eigenvalue weighted by molar-refractivity contribution is -0.137. The average Bonchev–Trinajstić information content (AvgIpc) is 2.71. The standard InChI is InChI=1S/C20H24F3N5O3/c1-2-6-28-17(24)16(18(30)25-19(28)31)15(29)12-26-7-9-27(10-8-26)14-5-3-4-13(11-14)20(21,22)23/h3-5,11H,2,6-10,12,24H2,1H3,(H,25,30,31). The highest BCUT2D eigenvalue weighted by Gasteiger charge is 2.31. The number of nitrogens with zero attached hydrogens (tertiary/aromatic N) is 3. The summed E-state index contributed by atoms with van der Waals surface area (Å²) in [6, 6.07) is 5.12. The summed E-state index contributed by atoms with van der Waals surface area (Å²) in [4.78, 5) is 42.6. The minimum Gasteiger partial charge on any atom is -0.384 e. The molecule has 0 spiro atoms. The smallest absolute Gasteiger partial charge is 0.384 e. The lowest BCUT2D eigenvalue weighted by Crippen LogP contribution is -2.48. The van der Waals surface area contributed by atoms with Crippen LogP contribution in [0, 0.1) is 0 Å². The van der Waals surface area contributed by atoms with Crippen molar-refractivity contribution in [2.24, 2.45) is 0 Å². The van der Waals surface area contributed by atoms with E-state index in [0.29, 0.717) is 38.3 Å². The van der Waals surface area contributed by atoms with Crippen LogP contribution in [0.2, 0.25) is 0 Å². The number of alkyl halides is 3. The molecule has 3 rings (SSSR count). The van der Waals surface area contributed by atoms with Crippen molar-refractivity contribution in [2.75, 3.05) is 43.4 Å². The molecule has 0 bridgehead atoms. The maximum atomic E-state index is 12.9. The van der Waals surface area contributed by atoms with E-state index in [0.717, 1.165) is 12.1 Å². The minimum absolute atomic E-state index is 0.0754. The maximum Gasteiger partial charge on any atom is 0.416 e. The van der Waals surface area contributed by atoms with Crippen LogP contribution in [-0.2, 0) is 12.7 Å². The Morgan fingerprint density at radius 3 is 2.45 bits per heavy atom. The Kier molecular flexibility index (Phi) is 6.54. The summed E-state index contributed by atoms with van der Waals surface area (Å²) in [5.41, 5.74) is 3.97. The fourth-order valence-corrected chi connectivity index (χ4v) is 3.63. The summed E-state index contributed by atoms with van der Waals surface area (Å²) in [6.45, 7) is 3.74. The van der Waals surface area contributed by atoms with Crippen molar-refractivity contribution in [3.05, 3.63) is 56.2 Å². The Balaban J connectivity index is 1.68. The average molecular weight is 439 g/mol. The third-order valence-corrected chi connectivity index (χ3v) is 5.24. The number of Topliss-reactive ketones (excluding diaryl/α,β-unsaturated/α-hetero) is 1. The highest BCUT2D eigenvalue weighted by Crippen LogP contribution is 2.31. The van der Waals surface area contributed by atoms with Gasteiger partial charge in [-0.05, 0) is 24.6 Å². The number of carbonyl (C=O) groups excluding carboxylic acids is 1. The largest absolute Gasteiger partial charge is 0.416 e. The molecule has 1 aliphatic rings. The molecule has 1 aromatic heterocycles. The first-order valence-electron chi connectivity index (χ1n) is 9.92. The molecule has 11 heteroatoms. The molecule has 1 saturated heterocycles. The van der Waals surface area contributed by atoms with Crippen LogP contribution in [0.3, 0.4) is 0 Å². The quantitative estimate of drug-likeness (QED) is 0.662. The Bertz CT molecular complexity index is 1070. The number of piperazine rings is 1. The minimum atomic E-state index is -4.41. The Morgan fingerprint density at radius 1 is 1.16 bits per heavy atom. The van der Waals surface area contributed by atoms with Gasteiger partial charge in [0.1, 0.15) is 11.4 Å². The number of anilines is 2. The van der Waals surface area contributed by atoms with Crippen molar-refractivity contribution in [1.82, 2.24) is 14.5 Å². The molecule has 0 radical (unpaired) electrons. The third-order valence-electron chi connectivity index (χ3n) is 5.24. The number of nitrogen functional groups attached to an aromatic ring is 1. The number of nitrogens with one attached hydrogen (secondary N) is 1. The van der Waals surface area contributed by atoms with Crippen LogP contribution in [-0.4, -0.2) is 53.0 Å². The second-order valence-electron chi connectivity index (χ2n) is 7.41. The van der Waals surface area contributed by atoms with Gasteiger partial charge in [-0.15, -0.1) is 0 Å². The van der Waals surface area contributed by atoms with Crippen LogP contribution in [0.4, 0.5) is 24.7 Å². The molecule has 2 aromatic rings. The molecule has 168 valence electrons. The zero-order chi connectivity index (χ0) is 22.8. The fraction of sp³-hybridized carbons (Fsp3) is 0.450. The number of nitrogens with two attached hydrogens (primary N) is 1. The monoisotopic (exact) mass is 439 g/mol. The van der Waals surface area contributed by atoms with Crippen molar-refractivity contribution < 1.29 is 18.0 Å². The molecule has 1 aromatic carbocycles. The number of benzene rings is 1. The molecule has 31 heavy (non-hydrogen) atoms. The fourth-order valence-electron chi connectivity index (χ4n) is 3.63. The van der Waals surface area contributed by atoms with Gasteiger partial charge in [-0.3, -0.25) is 24.0 Å². The molecule has 1 fully saturated rings. The van der Waals surface area contributed by atoms with Crippen LogP contribution in [0.15, 0.2) is 33.9 Å². The highest BCUT2D eigenvalue weighted by molar-refractivity contribution is 6.01. The van der Waals surface area contributed by atoms with Crippen molar-refractivity contribution in [2.45, 2.75) is 26.1 Å². The topological polar surface area (TPSA) is 104 Å². The van der Waals surface area contributed by atoms with E-state index in [4.69, 9.17) is 5.73 Å². The van der Waals surface area contributed by atoms with E-state index in [1.807, 2.05) is 11.8 Å². The van der Waals surface area contributed by atoms with Crippen LogP contribution in [0.1, 0.15) is 29.3 Å². The van der Waals surface area contributed by atoms with Crippen LogP contribution >= 0.6 is 0 Å². The van der Waals surface area contributed by atoms with Gasteiger partial charge in [0.15, 0.2) is 5.78 Å². The second kappa shape index (κ2) is 8.96. The number of H-pyrrole nitrogens is 1. The van der Waals surface area contributed by atoms with Crippen molar-refractivity contribution in [3.8, 4) is 0 Å². The van der Waals surface area contributed by atoms with E-state index in [1.165, 1.54) is 10.6 Å². The van der Waals surface area contributed by atoms with Crippen LogP contribution < -0.4 is 21.9 Å². The maximum absolute atomic E-state index is 12.9. The first-order valence-corrected chi connectivity index (χ1v) is 9.92. The molecular weight excluding hydrogens is 415 g/mol. The van der Waals surface area contributed by atoms with Gasteiger partial charge in [0.25, 0.3) is 5.56 Å². The Morgan fingerprint density at radius 2 is 1.84 bits per heavy atom. The van der Waals surface area contributed by atoms with E-state index < -0.39 is 28.8 Å². The predicted molar refractivity (Wildman–Crippen MR) is 110 cm³/mol. The summed E-state index contributed by atoms with van der Waals surface area (Å²) in [5.74, 6) is -0.653. The van der Waals surface area contributed by atoms with Gasteiger partial charge in [0.05, 0.1) is 12.1 Å². The summed E-state index contributed by atoms with van der Waals surface area (Å²) in [6.07, 6.45) is -3.81. The molecule has 1 aliphatic heterocycles. The summed E-state index contributed by atoms with van der Waals surface area (Å²) >= 11 is 0. The highest BCUT2D eigenvalue weighted by atomic mass is 19.4. The number of halogens is 3. The molecule has 2 heterocycles. The van der Waals surface area contributed by atoms with E-state index in [9.17, 15) is 27.6 Å². The van der Waals surface area contributed by atoms with Crippen LogP contribution in [0.5, 0.6) is 0 Å². The first-order chi connectivity index (χ1) is 14.6. The van der Waals surface area contributed by atoms with Crippen LogP contribution in [0.25, 0.3) is 0 Å². The van der Waals surface area contributed by atoms with Crippen molar-refractivity contribution >= 4 is 17.3 Å². The number of hydrogen-bond acceptors (Lipinski definition) is 6. The lowest BCUT2D eigenvalue weighted by atomic mass is 10.1. The SMILES string of the molecule is CCCn1c(N)c(C(=O)CN2CCN(c3cccc(C(F)(F)F)c3)CC2)c(=O)[nH]c1=O. The number of ketones is 1. The van der Waals surface area contributed by atoms with Gasteiger partial charge < -0.3 is 10.6 Å². The summed E-state index contributed by atoms with van der Waals surface area (Å²) < 4.78 is 40.0. The molecule has 0 atom stereocenters. The van der Waals surface area contributed by atoms with E-state index in [1.54, 1.807) is 11.0 Å². The number of hydrogen-bond donors (Lipinski definition) is 2. The molecule has 0 aliphatic carbocycles. The number of rotatable bonds is 6. The summed E-state index contributed by atoms with van der Waals surface area (Å²) in [5, 5.41) is 0. The van der Waals surface area contributed by atoms with E-state index >= 15 is 0 Å². The van der Waals surface area contributed by atoms with E-state index in [-0.39, 0.29) is 24.5 Å². The summed E-state index contributed by atoms with van der Waals surface area (Å²) in [7, 11) is 0. The predicted octanol–water partition coefficient (Wildman–Crippen LogP) is 1.55. The second-order valence-corrected chi connectivity index (χ2v) is 7.41. The first kappa shape index (κ1) is 22.6. The number of aromatic amines is 1. The normalized spacial score (nSPS) is 15.3. The molecule has 8 nitrogen and oxygen atoms in total. The van der Waals surface area contributed by atoms with Crippen molar-refractivity contribution in [3.63, 3.8) is 0 Å². The van der Waals surface area contributed by atoms with Gasteiger partial charge in [0, 0.05) is 38.4 Å². The zero-order valence-corrected chi connectivity index (χ0v) is 17.0. The lowest BCUT2D eigenvalue weighted by Gasteiger charge is -2.36. The molecular formula is C20H24F3N5O3. The molecule has 0 unspecified atom stereocenters. The van der Waals surface area contributed by atoms with Gasteiger partial charge >= 0.3 is 11.9 Å². The van der Waals surface area contributed by atoms with Gasteiger partial charge in [-0.2, -0.15) is 13.2 Å². The number of carbonyl (C=O) groups is 1. The molecule has 3 N–H and O–H groups in total.